The van der Waals surface area contributed by atoms with E-state index in [0.717, 1.165) is 25.0 Å². The number of azide groups is 1. The molecule has 0 aliphatic heterocycles. The van der Waals surface area contributed by atoms with Gasteiger partial charge in [0, 0.05) is 31.0 Å². The minimum atomic E-state index is -0.760. The number of Topliss-reactive ketones (excluding diaryl/α,β-unsaturated/α-hetero) is 1. The lowest BCUT2D eigenvalue weighted by atomic mass is 10.1. The Morgan fingerprint density at radius 2 is 1.69 bits per heavy atom. The molecule has 0 spiro atoms. The van der Waals surface area contributed by atoms with Gasteiger partial charge in [-0.1, -0.05) is 44.9 Å². The van der Waals surface area contributed by atoms with Gasteiger partial charge in [0.15, 0.2) is 6.23 Å². The Balaban J connectivity index is 2.26. The number of carbonyl (C=O) groups excluding carboxylic acids is 1. The minimum Gasteiger partial charge on any atom is -0.491 e. The SMILES string of the molecule is CC(C)CCCOCCOCCC(=O)Cc1cccc(OCC(N=[N+]=[N-])OCCOCC(C)C)c1. The molecule has 0 aromatic heterocycles. The summed E-state index contributed by atoms with van der Waals surface area (Å²) in [6, 6.07) is 7.30. The summed E-state index contributed by atoms with van der Waals surface area (Å²) in [5, 5.41) is 3.62. The van der Waals surface area contributed by atoms with Crippen LogP contribution in [-0.4, -0.2) is 64.9 Å². The molecule has 0 bridgehead atoms. The van der Waals surface area contributed by atoms with E-state index in [4.69, 9.17) is 29.2 Å². The van der Waals surface area contributed by atoms with Gasteiger partial charge in [-0.2, -0.15) is 0 Å². The second-order valence-electron chi connectivity index (χ2n) is 9.18. The summed E-state index contributed by atoms with van der Waals surface area (Å²) in [6.45, 7) is 12.2. The Labute approximate surface area is 210 Å². The van der Waals surface area contributed by atoms with Crippen molar-refractivity contribution in [2.24, 2.45) is 17.0 Å². The monoisotopic (exact) mass is 493 g/mol. The molecule has 1 rings (SSSR count). The fraction of sp³-hybridized carbons (Fsp3) is 0.731. The summed E-state index contributed by atoms with van der Waals surface area (Å²) in [7, 11) is 0. The average Bonchev–Trinajstić information content (AvgIpc) is 2.81. The second-order valence-corrected chi connectivity index (χ2v) is 9.18. The zero-order chi connectivity index (χ0) is 25.7. The van der Waals surface area contributed by atoms with Gasteiger partial charge in [0.1, 0.15) is 18.1 Å². The molecule has 0 aliphatic carbocycles. The topological polar surface area (TPSA) is 112 Å². The molecule has 0 fully saturated rings. The molecule has 0 saturated heterocycles. The molecule has 198 valence electrons. The number of carbonyl (C=O) groups is 1. The molecule has 0 aliphatic rings. The van der Waals surface area contributed by atoms with Gasteiger partial charge in [0.05, 0.1) is 33.0 Å². The molecule has 0 heterocycles. The van der Waals surface area contributed by atoms with E-state index >= 15 is 0 Å². The largest absolute Gasteiger partial charge is 0.491 e. The smallest absolute Gasteiger partial charge is 0.170 e. The minimum absolute atomic E-state index is 0.0685. The third-order valence-electron chi connectivity index (χ3n) is 4.83. The van der Waals surface area contributed by atoms with Crippen LogP contribution in [0.2, 0.25) is 0 Å². The number of hydrogen-bond acceptors (Lipinski definition) is 7. The first-order valence-electron chi connectivity index (χ1n) is 12.5. The highest BCUT2D eigenvalue weighted by Gasteiger charge is 2.10. The average molecular weight is 494 g/mol. The fourth-order valence-electron chi connectivity index (χ4n) is 3.06. The van der Waals surface area contributed by atoms with Crippen molar-refractivity contribution in [3.63, 3.8) is 0 Å². The normalized spacial score (nSPS) is 12.1. The maximum atomic E-state index is 12.3. The lowest BCUT2D eigenvalue weighted by Gasteiger charge is -2.15. The van der Waals surface area contributed by atoms with Crippen LogP contribution in [-0.2, 0) is 30.2 Å². The van der Waals surface area contributed by atoms with Crippen molar-refractivity contribution in [3.05, 3.63) is 40.3 Å². The zero-order valence-electron chi connectivity index (χ0n) is 21.8. The highest BCUT2D eigenvalue weighted by atomic mass is 16.6. The molecule has 0 N–H and O–H groups in total. The van der Waals surface area contributed by atoms with Crippen LogP contribution in [0.5, 0.6) is 5.75 Å². The number of rotatable bonds is 22. The highest BCUT2D eigenvalue weighted by molar-refractivity contribution is 5.81. The van der Waals surface area contributed by atoms with Gasteiger partial charge >= 0.3 is 0 Å². The van der Waals surface area contributed by atoms with Crippen LogP contribution in [0, 0.1) is 11.8 Å². The summed E-state index contributed by atoms with van der Waals surface area (Å²) >= 11 is 0. The summed E-state index contributed by atoms with van der Waals surface area (Å²) in [6.07, 6.45) is 2.12. The van der Waals surface area contributed by atoms with Crippen molar-refractivity contribution in [1.29, 1.82) is 0 Å². The van der Waals surface area contributed by atoms with E-state index in [-0.39, 0.29) is 12.4 Å². The van der Waals surface area contributed by atoms with E-state index in [2.05, 4.69) is 37.7 Å². The standard InChI is InChI=1S/C26H43N3O6/c1-21(2)7-6-11-31-13-14-32-12-10-24(30)17-23-8-5-9-25(18-23)35-20-26(28-29-27)34-16-15-33-19-22(3)4/h5,8-9,18,21-22,26H,6-7,10-17,19-20H2,1-4H3. The van der Waals surface area contributed by atoms with Gasteiger partial charge < -0.3 is 23.7 Å². The summed E-state index contributed by atoms with van der Waals surface area (Å²) in [5.41, 5.74) is 9.61. The Morgan fingerprint density at radius 1 is 0.943 bits per heavy atom. The van der Waals surface area contributed by atoms with Crippen LogP contribution in [0.4, 0.5) is 0 Å². The van der Waals surface area contributed by atoms with Crippen LogP contribution in [0.1, 0.15) is 52.5 Å². The van der Waals surface area contributed by atoms with Crippen molar-refractivity contribution in [1.82, 2.24) is 0 Å². The van der Waals surface area contributed by atoms with E-state index in [1.54, 1.807) is 6.07 Å². The van der Waals surface area contributed by atoms with E-state index in [9.17, 15) is 4.79 Å². The third-order valence-corrected chi connectivity index (χ3v) is 4.83. The van der Waals surface area contributed by atoms with Gasteiger partial charge in [-0.3, -0.25) is 4.79 Å². The molecule has 0 saturated carbocycles. The van der Waals surface area contributed by atoms with Crippen LogP contribution in [0.15, 0.2) is 29.4 Å². The number of ketones is 1. The molecule has 1 atom stereocenters. The summed E-state index contributed by atoms with van der Waals surface area (Å²) in [5.74, 6) is 1.82. The van der Waals surface area contributed by atoms with Gasteiger partial charge in [-0.25, -0.2) is 0 Å². The third kappa shape index (κ3) is 17.9. The number of nitrogens with zero attached hydrogens (tertiary/aromatic N) is 3. The molecule has 1 unspecified atom stereocenters. The first-order valence-corrected chi connectivity index (χ1v) is 12.5. The lowest BCUT2D eigenvalue weighted by molar-refractivity contribution is -0.119. The molecular weight excluding hydrogens is 450 g/mol. The zero-order valence-corrected chi connectivity index (χ0v) is 21.8. The van der Waals surface area contributed by atoms with Crippen LogP contribution in [0.3, 0.4) is 0 Å². The van der Waals surface area contributed by atoms with Gasteiger partial charge in [-0.05, 0) is 47.9 Å². The first kappa shape index (κ1) is 30.9. The van der Waals surface area contributed by atoms with E-state index < -0.39 is 6.23 Å². The van der Waals surface area contributed by atoms with Crippen molar-refractivity contribution in [2.45, 2.75) is 59.6 Å². The summed E-state index contributed by atoms with van der Waals surface area (Å²) in [4.78, 5) is 15.1. The Kier molecular flexibility index (Phi) is 17.7. The van der Waals surface area contributed by atoms with Gasteiger partial charge in [-0.15, -0.1) is 0 Å². The lowest BCUT2D eigenvalue weighted by Crippen LogP contribution is -2.21. The molecular formula is C26H43N3O6. The predicted octanol–water partition coefficient (Wildman–Crippen LogP) is 5.36. The molecule has 1 aromatic carbocycles. The van der Waals surface area contributed by atoms with Crippen LogP contribution < -0.4 is 4.74 Å². The molecule has 9 nitrogen and oxygen atoms in total. The van der Waals surface area contributed by atoms with Crippen molar-refractivity contribution in [3.8, 4) is 5.75 Å². The first-order chi connectivity index (χ1) is 16.9. The van der Waals surface area contributed by atoms with Crippen LogP contribution >= 0.6 is 0 Å². The molecule has 0 radical (unpaired) electrons. The molecule has 35 heavy (non-hydrogen) atoms. The Hall–Kier alpha value is -2.16. The second kappa shape index (κ2) is 20.1. The maximum absolute atomic E-state index is 12.3. The van der Waals surface area contributed by atoms with Crippen LogP contribution in [0.25, 0.3) is 10.4 Å². The van der Waals surface area contributed by atoms with Gasteiger partial charge in [0.25, 0.3) is 0 Å². The van der Waals surface area contributed by atoms with E-state index in [0.29, 0.717) is 70.1 Å². The van der Waals surface area contributed by atoms with Crippen molar-refractivity contribution >= 4 is 5.78 Å². The highest BCUT2D eigenvalue weighted by Crippen LogP contribution is 2.15. The molecule has 0 amide bonds. The number of ether oxygens (including phenoxy) is 5. The van der Waals surface area contributed by atoms with Crippen molar-refractivity contribution in [2.75, 3.05) is 52.9 Å². The van der Waals surface area contributed by atoms with Gasteiger partial charge in [0.2, 0.25) is 0 Å². The Bertz CT molecular complexity index is 738. The fourth-order valence-corrected chi connectivity index (χ4v) is 3.06. The Morgan fingerprint density at radius 3 is 2.40 bits per heavy atom. The predicted molar refractivity (Wildman–Crippen MR) is 136 cm³/mol. The number of benzene rings is 1. The van der Waals surface area contributed by atoms with E-state index in [1.807, 2.05) is 18.2 Å². The van der Waals surface area contributed by atoms with Crippen molar-refractivity contribution < 1.29 is 28.5 Å². The van der Waals surface area contributed by atoms with E-state index in [1.165, 1.54) is 0 Å². The molecule has 9 heteroatoms. The molecule has 1 aromatic rings. The quantitative estimate of drug-likeness (QED) is 0.0930. The summed E-state index contributed by atoms with van der Waals surface area (Å²) < 4.78 is 27.8. The maximum Gasteiger partial charge on any atom is 0.170 e. The number of hydrogen-bond donors (Lipinski definition) is 0.